The summed E-state index contributed by atoms with van der Waals surface area (Å²) in [5, 5.41) is 11.7. The summed E-state index contributed by atoms with van der Waals surface area (Å²) in [5.74, 6) is -0.364. The maximum atomic E-state index is 13.5. The average Bonchev–Trinajstić information content (AvgIpc) is 3.70. The van der Waals surface area contributed by atoms with Crippen LogP contribution in [0.5, 0.6) is 0 Å². The van der Waals surface area contributed by atoms with Crippen molar-refractivity contribution in [1.82, 2.24) is 13.9 Å². The summed E-state index contributed by atoms with van der Waals surface area (Å²) in [6.07, 6.45) is 4.99. The highest BCUT2D eigenvalue weighted by Crippen LogP contribution is 2.40. The Morgan fingerprint density at radius 3 is 2.40 bits per heavy atom. The minimum Gasteiger partial charge on any atom is -0.369 e. The number of hydrogen-bond donors (Lipinski definition) is 0. The second-order valence-electron chi connectivity index (χ2n) is 10.2. The topological polar surface area (TPSA) is 103 Å². The quantitative estimate of drug-likeness (QED) is 0.336. The Morgan fingerprint density at radius 2 is 1.77 bits per heavy atom. The Balaban J connectivity index is 1.42. The van der Waals surface area contributed by atoms with Gasteiger partial charge in [-0.3, -0.25) is 4.79 Å². The molecule has 4 aromatic rings. The molecule has 12 heteroatoms. The van der Waals surface area contributed by atoms with Crippen molar-refractivity contribution in [1.29, 1.82) is 5.26 Å². The second-order valence-corrected chi connectivity index (χ2v) is 13.1. The van der Waals surface area contributed by atoms with Gasteiger partial charge in [0, 0.05) is 67.5 Å². The van der Waals surface area contributed by atoms with Gasteiger partial charge in [-0.15, -0.1) is 0 Å². The van der Waals surface area contributed by atoms with Gasteiger partial charge < -0.3 is 14.4 Å². The third kappa shape index (κ3) is 4.85. The Morgan fingerprint density at radius 1 is 1.07 bits per heavy atom. The van der Waals surface area contributed by atoms with Crippen molar-refractivity contribution in [2.24, 2.45) is 0 Å². The number of rotatable bonds is 6. The van der Waals surface area contributed by atoms with Crippen LogP contribution in [0.25, 0.3) is 22.0 Å². The van der Waals surface area contributed by atoms with Gasteiger partial charge in [0.2, 0.25) is 10.0 Å². The number of piperazine rings is 1. The van der Waals surface area contributed by atoms with Crippen molar-refractivity contribution >= 4 is 48.6 Å². The van der Waals surface area contributed by atoms with Crippen molar-refractivity contribution in [2.75, 3.05) is 49.3 Å². The van der Waals surface area contributed by atoms with Crippen LogP contribution in [-0.2, 0) is 10.0 Å². The summed E-state index contributed by atoms with van der Waals surface area (Å²) in [6, 6.07) is 14.0. The Labute approximate surface area is 235 Å². The van der Waals surface area contributed by atoms with E-state index >= 15 is 0 Å². The van der Waals surface area contributed by atoms with Crippen LogP contribution in [0.3, 0.4) is 0 Å². The van der Waals surface area contributed by atoms with Crippen molar-refractivity contribution < 1.29 is 12.8 Å². The van der Waals surface area contributed by atoms with E-state index in [2.05, 4.69) is 11.0 Å². The number of benzene rings is 2. The third-order valence-corrected chi connectivity index (χ3v) is 9.84. The summed E-state index contributed by atoms with van der Waals surface area (Å²) in [7, 11) is -1.38. The zero-order chi connectivity index (χ0) is 28.2. The molecule has 0 unspecified atom stereocenters. The van der Waals surface area contributed by atoms with Crippen molar-refractivity contribution in [2.45, 2.75) is 18.9 Å². The van der Waals surface area contributed by atoms with E-state index in [1.165, 1.54) is 34.0 Å². The van der Waals surface area contributed by atoms with E-state index in [1.54, 1.807) is 16.7 Å². The van der Waals surface area contributed by atoms with Crippen LogP contribution in [0.1, 0.15) is 23.8 Å². The van der Waals surface area contributed by atoms with Gasteiger partial charge in [0.15, 0.2) is 5.13 Å². The first kappa shape index (κ1) is 26.4. The summed E-state index contributed by atoms with van der Waals surface area (Å²) < 4.78 is 40.7. The molecule has 206 valence electrons. The molecule has 9 nitrogen and oxygen atoms in total. The number of nitrogens with zero attached hydrogens (tertiary/aromatic N) is 6. The van der Waals surface area contributed by atoms with E-state index in [4.69, 9.17) is 4.98 Å². The molecule has 0 spiro atoms. The number of nitriles is 1. The molecule has 1 aliphatic carbocycles. The van der Waals surface area contributed by atoms with E-state index in [-0.39, 0.29) is 17.4 Å². The number of hydrogen-bond acceptors (Lipinski definition) is 8. The third-order valence-electron chi connectivity index (χ3n) is 7.50. The lowest BCUT2D eigenvalue weighted by Gasteiger charge is -2.35. The molecule has 0 N–H and O–H groups in total. The van der Waals surface area contributed by atoms with Gasteiger partial charge in [0.25, 0.3) is 5.56 Å². The number of halogens is 1. The predicted molar refractivity (Wildman–Crippen MR) is 155 cm³/mol. The first-order valence-electron chi connectivity index (χ1n) is 12.9. The fraction of sp³-hybridized carbons (Fsp3) is 0.321. The number of fused-ring (bicyclic) bond motifs is 1. The number of anilines is 3. The molecule has 0 radical (unpaired) electrons. The molecule has 2 fully saturated rings. The fourth-order valence-corrected chi connectivity index (χ4v) is 6.82. The molecule has 1 saturated heterocycles. The van der Waals surface area contributed by atoms with Crippen molar-refractivity contribution in [3.63, 3.8) is 0 Å². The predicted octanol–water partition coefficient (Wildman–Crippen LogP) is 4.32. The monoisotopic (exact) mass is 578 g/mol. The van der Waals surface area contributed by atoms with Crippen molar-refractivity contribution in [3.8, 4) is 17.3 Å². The van der Waals surface area contributed by atoms with E-state index in [0.717, 1.165) is 29.6 Å². The standard InChI is InChI=1S/C28H27FN6O3S2/c1-32(28-31-26(25(16-30)39-28)18-3-5-19(29)6-4-18)24-17-35(20-7-8-20)27(36)22-10-9-21(15-23(22)24)33-11-13-34(14-12-33)40(2,37)38/h3-6,9-10,15,17,20H,7-8,11-14H2,1-2H3. The lowest BCUT2D eigenvalue weighted by atomic mass is 10.1. The summed E-state index contributed by atoms with van der Waals surface area (Å²) in [6.45, 7) is 1.88. The maximum Gasteiger partial charge on any atom is 0.258 e. The first-order chi connectivity index (χ1) is 19.1. The SMILES string of the molecule is CN(c1nc(-c2ccc(F)cc2)c(C#N)s1)c1cn(C2CC2)c(=O)c2ccc(N3CCN(S(C)(=O)=O)CC3)cc12. The molecular weight excluding hydrogens is 551 g/mol. The van der Waals surface area contributed by atoms with Gasteiger partial charge in [-0.05, 0) is 55.3 Å². The largest absolute Gasteiger partial charge is 0.369 e. The number of aromatic nitrogens is 2. The van der Waals surface area contributed by atoms with Crippen LogP contribution in [0.2, 0.25) is 0 Å². The highest BCUT2D eigenvalue weighted by atomic mass is 32.2. The zero-order valence-electron chi connectivity index (χ0n) is 22.0. The minimum atomic E-state index is -3.24. The lowest BCUT2D eigenvalue weighted by molar-refractivity contribution is 0.388. The first-order valence-corrected chi connectivity index (χ1v) is 15.6. The van der Waals surface area contributed by atoms with E-state index in [9.17, 15) is 22.9 Å². The Bertz CT molecular complexity index is 1820. The normalized spacial score (nSPS) is 16.3. The molecule has 3 heterocycles. The van der Waals surface area contributed by atoms with Crippen LogP contribution in [0.4, 0.5) is 20.9 Å². The highest BCUT2D eigenvalue weighted by Gasteiger charge is 2.28. The van der Waals surface area contributed by atoms with Gasteiger partial charge in [-0.1, -0.05) is 11.3 Å². The molecule has 2 aliphatic rings. The summed E-state index contributed by atoms with van der Waals surface area (Å²) in [4.78, 5) is 22.6. The second kappa shape index (κ2) is 9.99. The van der Waals surface area contributed by atoms with Gasteiger partial charge in [0.1, 0.15) is 22.5 Å². The molecule has 0 bridgehead atoms. The lowest BCUT2D eigenvalue weighted by Crippen LogP contribution is -2.48. The molecule has 1 aliphatic heterocycles. The summed E-state index contributed by atoms with van der Waals surface area (Å²) >= 11 is 1.24. The average molecular weight is 579 g/mol. The van der Waals surface area contributed by atoms with E-state index in [0.29, 0.717) is 52.8 Å². The maximum absolute atomic E-state index is 13.5. The number of sulfonamides is 1. The van der Waals surface area contributed by atoms with Crippen LogP contribution >= 0.6 is 11.3 Å². The molecule has 2 aromatic heterocycles. The molecule has 0 amide bonds. The van der Waals surface area contributed by atoms with Crippen LogP contribution in [-0.4, -0.2) is 61.8 Å². The van der Waals surface area contributed by atoms with E-state index < -0.39 is 10.0 Å². The van der Waals surface area contributed by atoms with Gasteiger partial charge in [-0.25, -0.2) is 17.8 Å². The molecule has 0 atom stereocenters. The number of pyridine rings is 1. The van der Waals surface area contributed by atoms with Crippen LogP contribution < -0.4 is 15.4 Å². The Kier molecular flexibility index (Phi) is 6.60. The zero-order valence-corrected chi connectivity index (χ0v) is 23.7. The van der Waals surface area contributed by atoms with Crippen LogP contribution in [0, 0.1) is 17.1 Å². The smallest absolute Gasteiger partial charge is 0.258 e. The molecule has 1 saturated carbocycles. The molecule has 40 heavy (non-hydrogen) atoms. The highest BCUT2D eigenvalue weighted by molar-refractivity contribution is 7.88. The number of thiazole rings is 1. The molecule has 6 rings (SSSR count). The fourth-order valence-electron chi connectivity index (χ4n) is 5.13. The van der Waals surface area contributed by atoms with E-state index in [1.807, 2.05) is 36.3 Å². The van der Waals surface area contributed by atoms with Gasteiger partial charge in [0.05, 0.1) is 11.9 Å². The Hall–Kier alpha value is -3.79. The van der Waals surface area contributed by atoms with Gasteiger partial charge >= 0.3 is 0 Å². The molecule has 2 aromatic carbocycles. The van der Waals surface area contributed by atoms with Crippen molar-refractivity contribution in [3.05, 3.63) is 69.7 Å². The van der Waals surface area contributed by atoms with Gasteiger partial charge in [-0.2, -0.15) is 9.57 Å². The minimum absolute atomic E-state index is 0.0491. The summed E-state index contributed by atoms with van der Waals surface area (Å²) in [5.41, 5.74) is 2.77. The molecular formula is C28H27FN6O3S2. The van der Waals surface area contributed by atoms with Crippen LogP contribution in [0.15, 0.2) is 53.5 Å².